The van der Waals surface area contributed by atoms with Crippen LogP contribution in [0, 0.1) is 0 Å². The molecule has 1 aliphatic carbocycles. The number of nitrogens with one attached hydrogen (secondary N) is 1. The number of hydrogen-bond acceptors (Lipinski definition) is 9. The first-order chi connectivity index (χ1) is 12.7. The highest BCUT2D eigenvalue weighted by molar-refractivity contribution is 5.44. The van der Waals surface area contributed by atoms with Crippen molar-refractivity contribution in [1.82, 2.24) is 35.1 Å². The van der Waals surface area contributed by atoms with E-state index < -0.39 is 0 Å². The van der Waals surface area contributed by atoms with E-state index in [2.05, 4.69) is 54.7 Å². The van der Waals surface area contributed by atoms with Crippen LogP contribution in [0.25, 0.3) is 0 Å². The van der Waals surface area contributed by atoms with E-state index in [1.54, 1.807) is 13.3 Å². The highest BCUT2D eigenvalue weighted by atomic mass is 16.5. The molecule has 0 aromatic carbocycles. The Hall–Kier alpha value is -2.33. The molecule has 2 aliphatic rings. The molecule has 26 heavy (non-hydrogen) atoms. The van der Waals surface area contributed by atoms with Gasteiger partial charge in [0.15, 0.2) is 5.82 Å². The summed E-state index contributed by atoms with van der Waals surface area (Å²) in [6, 6.07) is 2.73. The van der Waals surface area contributed by atoms with Crippen molar-refractivity contribution in [3.05, 3.63) is 18.1 Å². The summed E-state index contributed by atoms with van der Waals surface area (Å²) in [7, 11) is 5.93. The van der Waals surface area contributed by atoms with Crippen molar-refractivity contribution >= 4 is 11.8 Å². The molecule has 2 fully saturated rings. The van der Waals surface area contributed by atoms with E-state index in [-0.39, 0.29) is 6.10 Å². The maximum Gasteiger partial charge on any atom is 0.224 e. The summed E-state index contributed by atoms with van der Waals surface area (Å²) in [5.74, 6) is 2.29. The smallest absolute Gasteiger partial charge is 0.224 e. The molecule has 0 amide bonds. The third-order valence-corrected chi connectivity index (χ3v) is 5.03. The van der Waals surface area contributed by atoms with Crippen molar-refractivity contribution < 1.29 is 4.74 Å². The quantitative estimate of drug-likeness (QED) is 0.742. The summed E-state index contributed by atoms with van der Waals surface area (Å²) < 4.78 is 7.53. The zero-order valence-corrected chi connectivity index (χ0v) is 15.4. The van der Waals surface area contributed by atoms with Gasteiger partial charge in [-0.3, -0.25) is 0 Å². The maximum absolute atomic E-state index is 5.64. The number of methoxy groups -OCH3 is 1. The first-order valence-electron chi connectivity index (χ1n) is 8.93. The topological polar surface area (TPSA) is 97.1 Å². The van der Waals surface area contributed by atoms with Crippen LogP contribution >= 0.6 is 0 Å². The fraction of sp³-hybridized carbons (Fsp3) is 0.688. The number of rotatable bonds is 7. The monoisotopic (exact) mass is 359 g/mol. The highest BCUT2D eigenvalue weighted by Gasteiger charge is 2.35. The molecule has 0 radical (unpaired) electrons. The molecular weight excluding hydrogens is 334 g/mol. The SMILES string of the molecule is CO[C@@H]1CN(c2ccnc(NCc3nnnn3C3CC3)n2)C[C@@H]1N(C)C. The van der Waals surface area contributed by atoms with Crippen LogP contribution in [0.2, 0.25) is 0 Å². The molecule has 1 N–H and O–H groups in total. The lowest BCUT2D eigenvalue weighted by molar-refractivity contribution is 0.0639. The number of nitrogens with zero attached hydrogens (tertiary/aromatic N) is 8. The Morgan fingerprint density at radius 3 is 2.85 bits per heavy atom. The van der Waals surface area contributed by atoms with Crippen LogP contribution in [0.4, 0.5) is 11.8 Å². The number of hydrogen-bond donors (Lipinski definition) is 1. The fourth-order valence-corrected chi connectivity index (χ4v) is 3.37. The normalized spacial score (nSPS) is 23.0. The minimum absolute atomic E-state index is 0.166. The molecule has 2 aromatic rings. The van der Waals surface area contributed by atoms with Gasteiger partial charge in [-0.25, -0.2) is 9.67 Å². The van der Waals surface area contributed by atoms with Crippen LogP contribution in [0.1, 0.15) is 24.7 Å². The van der Waals surface area contributed by atoms with Crippen LogP contribution in [0.3, 0.4) is 0 Å². The summed E-state index contributed by atoms with van der Waals surface area (Å²) >= 11 is 0. The van der Waals surface area contributed by atoms with Gasteiger partial charge in [-0.1, -0.05) is 0 Å². The number of likely N-dealkylation sites (N-methyl/N-ethyl adjacent to an activating group) is 1. The van der Waals surface area contributed by atoms with Crippen molar-refractivity contribution in [2.45, 2.75) is 37.6 Å². The van der Waals surface area contributed by atoms with Crippen molar-refractivity contribution in [2.24, 2.45) is 0 Å². The molecule has 4 rings (SSSR count). The number of anilines is 2. The number of aromatic nitrogens is 6. The van der Waals surface area contributed by atoms with E-state index in [1.165, 1.54) is 0 Å². The van der Waals surface area contributed by atoms with Gasteiger partial charge in [0.05, 0.1) is 24.7 Å². The molecule has 0 spiro atoms. The summed E-state index contributed by atoms with van der Waals surface area (Å²) in [6.07, 6.45) is 4.23. The third kappa shape index (κ3) is 3.47. The van der Waals surface area contributed by atoms with Gasteiger partial charge in [-0.15, -0.1) is 5.10 Å². The van der Waals surface area contributed by atoms with Crippen LogP contribution in [-0.4, -0.2) is 81.5 Å². The van der Waals surface area contributed by atoms with E-state index in [9.17, 15) is 0 Å². The molecule has 0 bridgehead atoms. The lowest BCUT2D eigenvalue weighted by atomic mass is 10.2. The zero-order chi connectivity index (χ0) is 18.1. The Balaban J connectivity index is 1.43. The lowest BCUT2D eigenvalue weighted by Crippen LogP contribution is -2.39. The standard InChI is InChI=1S/C16H25N9O/c1-23(2)12-9-24(10-13(12)26-3)14-6-7-17-16(19-14)18-8-15-20-21-22-25(15)11-4-5-11/h6-7,11-13H,4-5,8-10H2,1-3H3,(H,17,18,19)/t12-,13+/m0/s1. The molecule has 1 saturated carbocycles. The summed E-state index contributed by atoms with van der Waals surface area (Å²) in [6.45, 7) is 2.20. The molecule has 1 saturated heterocycles. The largest absolute Gasteiger partial charge is 0.378 e. The molecule has 1 aliphatic heterocycles. The van der Waals surface area contributed by atoms with Crippen LogP contribution in [0.15, 0.2) is 12.3 Å². The Labute approximate surface area is 152 Å². The van der Waals surface area contributed by atoms with Gasteiger partial charge in [-0.05, 0) is 43.4 Å². The van der Waals surface area contributed by atoms with E-state index in [4.69, 9.17) is 4.74 Å². The van der Waals surface area contributed by atoms with Crippen molar-refractivity contribution in [3.8, 4) is 0 Å². The van der Waals surface area contributed by atoms with E-state index in [0.717, 1.165) is 37.6 Å². The first kappa shape index (κ1) is 17.1. The Kier molecular flexibility index (Phi) is 4.68. The van der Waals surface area contributed by atoms with Crippen molar-refractivity contribution in [2.75, 3.05) is 44.5 Å². The summed E-state index contributed by atoms with van der Waals surface area (Å²) in [5, 5.41) is 15.2. The predicted octanol–water partition coefficient (Wildman–Crippen LogP) is 0.175. The predicted molar refractivity (Wildman–Crippen MR) is 95.9 cm³/mol. The first-order valence-corrected chi connectivity index (χ1v) is 8.93. The highest BCUT2D eigenvalue weighted by Crippen LogP contribution is 2.34. The Morgan fingerprint density at radius 1 is 1.31 bits per heavy atom. The molecule has 140 valence electrons. The van der Waals surface area contributed by atoms with Crippen molar-refractivity contribution in [3.63, 3.8) is 0 Å². The molecular formula is C16H25N9O. The van der Waals surface area contributed by atoms with Gasteiger partial charge in [0.25, 0.3) is 0 Å². The van der Waals surface area contributed by atoms with Gasteiger partial charge in [-0.2, -0.15) is 4.98 Å². The Morgan fingerprint density at radius 2 is 2.15 bits per heavy atom. The molecule has 10 heteroatoms. The summed E-state index contributed by atoms with van der Waals surface area (Å²) in [4.78, 5) is 13.4. The maximum atomic E-state index is 5.64. The molecule has 3 heterocycles. The van der Waals surface area contributed by atoms with Gasteiger partial charge in [0.2, 0.25) is 5.95 Å². The second kappa shape index (κ2) is 7.12. The number of ether oxygens (including phenoxy) is 1. The van der Waals surface area contributed by atoms with Gasteiger partial charge < -0.3 is 19.9 Å². The molecule has 0 unspecified atom stereocenters. The van der Waals surface area contributed by atoms with E-state index in [1.807, 2.05) is 10.7 Å². The third-order valence-electron chi connectivity index (χ3n) is 5.03. The average Bonchev–Trinajstić information content (AvgIpc) is 3.21. The molecule has 2 atom stereocenters. The minimum atomic E-state index is 0.166. The lowest BCUT2D eigenvalue weighted by Gasteiger charge is -2.23. The second-order valence-corrected chi connectivity index (χ2v) is 7.07. The van der Waals surface area contributed by atoms with Gasteiger partial charge in [0.1, 0.15) is 5.82 Å². The van der Waals surface area contributed by atoms with Gasteiger partial charge >= 0.3 is 0 Å². The summed E-state index contributed by atoms with van der Waals surface area (Å²) in [5.41, 5.74) is 0. The van der Waals surface area contributed by atoms with E-state index in [0.29, 0.717) is 24.6 Å². The molecule has 10 nitrogen and oxygen atoms in total. The number of tetrazole rings is 1. The van der Waals surface area contributed by atoms with Gasteiger partial charge in [0, 0.05) is 26.4 Å². The average molecular weight is 359 g/mol. The fourth-order valence-electron chi connectivity index (χ4n) is 3.37. The van der Waals surface area contributed by atoms with Crippen LogP contribution in [-0.2, 0) is 11.3 Å². The minimum Gasteiger partial charge on any atom is -0.378 e. The Bertz CT molecular complexity index is 745. The zero-order valence-electron chi connectivity index (χ0n) is 15.4. The van der Waals surface area contributed by atoms with Crippen molar-refractivity contribution in [1.29, 1.82) is 0 Å². The van der Waals surface area contributed by atoms with E-state index >= 15 is 0 Å². The molecule has 2 aromatic heterocycles. The second-order valence-electron chi connectivity index (χ2n) is 7.07. The van der Waals surface area contributed by atoms with Crippen LogP contribution in [0.5, 0.6) is 0 Å². The van der Waals surface area contributed by atoms with Crippen LogP contribution < -0.4 is 10.2 Å².